The number of nitrogens with two attached hydrogens (primary N) is 1. The van der Waals surface area contributed by atoms with E-state index in [2.05, 4.69) is 4.98 Å². The van der Waals surface area contributed by atoms with Crippen molar-refractivity contribution >= 4 is 41.8 Å². The average Bonchev–Trinajstić information content (AvgIpc) is 3.12. The number of aryl methyl sites for hydroxylation is 1. The van der Waals surface area contributed by atoms with Crippen LogP contribution in [0.15, 0.2) is 52.2 Å². The van der Waals surface area contributed by atoms with Crippen LogP contribution in [0.5, 0.6) is 0 Å². The molecule has 1 amide bonds. The number of rotatable bonds is 2. The second-order valence-corrected chi connectivity index (χ2v) is 7.19. The molecule has 0 saturated carbocycles. The molecule has 0 spiro atoms. The van der Waals surface area contributed by atoms with E-state index >= 15 is 0 Å². The van der Waals surface area contributed by atoms with Crippen LogP contribution in [0.25, 0.3) is 11.0 Å². The Morgan fingerprint density at radius 2 is 1.73 bits per heavy atom. The summed E-state index contributed by atoms with van der Waals surface area (Å²) in [5.41, 5.74) is 7.02. The maximum Gasteiger partial charge on any atom is 0.332 e. The van der Waals surface area contributed by atoms with E-state index in [1.54, 1.807) is 11.9 Å². The highest BCUT2D eigenvalue weighted by Crippen LogP contribution is 2.27. The van der Waals surface area contributed by atoms with Gasteiger partial charge in [0.1, 0.15) is 5.65 Å². The highest BCUT2D eigenvalue weighted by atomic mass is 35.5. The van der Waals surface area contributed by atoms with Crippen molar-refractivity contribution in [2.45, 2.75) is 12.0 Å². The van der Waals surface area contributed by atoms with E-state index < -0.39 is 11.2 Å². The van der Waals surface area contributed by atoms with Crippen molar-refractivity contribution in [2.24, 2.45) is 19.8 Å². The van der Waals surface area contributed by atoms with Crippen molar-refractivity contribution in [1.82, 2.24) is 19.0 Å². The van der Waals surface area contributed by atoms with Gasteiger partial charge in [-0.15, -0.1) is 24.8 Å². The van der Waals surface area contributed by atoms with Crippen LogP contribution in [0.4, 0.5) is 0 Å². The number of likely N-dealkylation sites (tertiary alicyclic amines) is 1. The van der Waals surface area contributed by atoms with Gasteiger partial charge in [-0.3, -0.25) is 18.7 Å². The minimum absolute atomic E-state index is 0. The zero-order valence-corrected chi connectivity index (χ0v) is 18.2. The van der Waals surface area contributed by atoms with Crippen molar-refractivity contribution in [3.8, 4) is 0 Å². The van der Waals surface area contributed by atoms with Gasteiger partial charge >= 0.3 is 5.69 Å². The SMILES string of the molecule is Cl.Cl.Cn1c(=O)c2cc(C(=O)N3C[C@@H](N)[C@H](c4ccccc4)C3)cnc2n(C)c1=O. The second-order valence-electron chi connectivity index (χ2n) is 7.19. The summed E-state index contributed by atoms with van der Waals surface area (Å²) in [6, 6.07) is 11.2. The lowest BCUT2D eigenvalue weighted by atomic mass is 9.95. The lowest BCUT2D eigenvalue weighted by Crippen LogP contribution is -2.37. The van der Waals surface area contributed by atoms with Crippen LogP contribution in [-0.4, -0.2) is 44.1 Å². The van der Waals surface area contributed by atoms with E-state index in [1.165, 1.54) is 23.9 Å². The Bertz CT molecular complexity index is 1190. The molecule has 10 heteroatoms. The first-order valence-electron chi connectivity index (χ1n) is 9.04. The normalized spacial score (nSPS) is 18.0. The number of benzene rings is 1. The molecular formula is C20H23Cl2N5O3. The molecule has 0 radical (unpaired) electrons. The van der Waals surface area contributed by atoms with Gasteiger partial charge in [0, 0.05) is 45.3 Å². The number of hydrogen-bond donors (Lipinski definition) is 1. The number of carbonyl (C=O) groups is 1. The summed E-state index contributed by atoms with van der Waals surface area (Å²) >= 11 is 0. The van der Waals surface area contributed by atoms with Gasteiger partial charge in [0.05, 0.1) is 10.9 Å². The third-order valence-corrected chi connectivity index (χ3v) is 5.42. The molecular weight excluding hydrogens is 429 g/mol. The van der Waals surface area contributed by atoms with Gasteiger partial charge < -0.3 is 10.6 Å². The van der Waals surface area contributed by atoms with E-state index in [4.69, 9.17) is 5.73 Å². The van der Waals surface area contributed by atoms with Crippen LogP contribution >= 0.6 is 24.8 Å². The van der Waals surface area contributed by atoms with Crippen LogP contribution in [0.3, 0.4) is 0 Å². The Labute approximate surface area is 185 Å². The third kappa shape index (κ3) is 3.86. The summed E-state index contributed by atoms with van der Waals surface area (Å²) in [5, 5.41) is 0.235. The topological polar surface area (TPSA) is 103 Å². The number of fused-ring (bicyclic) bond motifs is 1. The average molecular weight is 452 g/mol. The number of nitrogens with zero attached hydrogens (tertiary/aromatic N) is 4. The van der Waals surface area contributed by atoms with Crippen molar-refractivity contribution in [3.63, 3.8) is 0 Å². The fourth-order valence-corrected chi connectivity index (χ4v) is 3.81. The molecule has 0 aliphatic carbocycles. The van der Waals surface area contributed by atoms with E-state index in [0.29, 0.717) is 18.7 Å². The molecule has 4 rings (SSSR count). The summed E-state index contributed by atoms with van der Waals surface area (Å²) in [6.07, 6.45) is 1.41. The predicted molar refractivity (Wildman–Crippen MR) is 120 cm³/mol. The summed E-state index contributed by atoms with van der Waals surface area (Å²) in [5.74, 6) is -0.161. The van der Waals surface area contributed by atoms with Gasteiger partial charge in [-0.1, -0.05) is 30.3 Å². The molecule has 1 aromatic carbocycles. The van der Waals surface area contributed by atoms with Crippen LogP contribution in [-0.2, 0) is 14.1 Å². The fourth-order valence-electron chi connectivity index (χ4n) is 3.81. The van der Waals surface area contributed by atoms with Gasteiger partial charge in [-0.05, 0) is 11.6 Å². The third-order valence-electron chi connectivity index (χ3n) is 5.42. The Kier molecular flexibility index (Phi) is 7.07. The van der Waals surface area contributed by atoms with Crippen LogP contribution in [0.2, 0.25) is 0 Å². The number of pyridine rings is 1. The molecule has 0 unspecified atom stereocenters. The molecule has 2 atom stereocenters. The largest absolute Gasteiger partial charge is 0.336 e. The summed E-state index contributed by atoms with van der Waals surface area (Å²) in [7, 11) is 2.95. The lowest BCUT2D eigenvalue weighted by Gasteiger charge is -2.17. The number of halogens is 2. The maximum atomic E-state index is 13.0. The highest BCUT2D eigenvalue weighted by Gasteiger charge is 2.34. The Morgan fingerprint density at radius 3 is 2.40 bits per heavy atom. The smallest absolute Gasteiger partial charge is 0.332 e. The Morgan fingerprint density at radius 1 is 1.07 bits per heavy atom. The molecule has 3 aromatic rings. The quantitative estimate of drug-likeness (QED) is 0.626. The van der Waals surface area contributed by atoms with Crippen LogP contribution in [0, 0.1) is 0 Å². The lowest BCUT2D eigenvalue weighted by molar-refractivity contribution is 0.0789. The summed E-state index contributed by atoms with van der Waals surface area (Å²) < 4.78 is 2.30. The first-order valence-corrected chi connectivity index (χ1v) is 9.04. The molecule has 2 aromatic heterocycles. The van der Waals surface area contributed by atoms with Crippen molar-refractivity contribution in [1.29, 1.82) is 0 Å². The summed E-state index contributed by atoms with van der Waals surface area (Å²) in [4.78, 5) is 43.4. The maximum absolute atomic E-state index is 13.0. The zero-order valence-electron chi connectivity index (χ0n) is 16.5. The van der Waals surface area contributed by atoms with Gasteiger partial charge in [-0.25, -0.2) is 9.78 Å². The first-order chi connectivity index (χ1) is 13.4. The number of amides is 1. The van der Waals surface area contributed by atoms with Gasteiger partial charge in [0.15, 0.2) is 0 Å². The molecule has 30 heavy (non-hydrogen) atoms. The van der Waals surface area contributed by atoms with E-state index in [1.807, 2.05) is 30.3 Å². The van der Waals surface area contributed by atoms with Crippen LogP contribution in [0.1, 0.15) is 21.8 Å². The highest BCUT2D eigenvalue weighted by molar-refractivity contribution is 5.97. The van der Waals surface area contributed by atoms with E-state index in [0.717, 1.165) is 10.1 Å². The van der Waals surface area contributed by atoms with Gasteiger partial charge in [0.25, 0.3) is 11.5 Å². The monoisotopic (exact) mass is 451 g/mol. The minimum Gasteiger partial charge on any atom is -0.336 e. The van der Waals surface area contributed by atoms with Crippen molar-refractivity contribution in [2.75, 3.05) is 13.1 Å². The van der Waals surface area contributed by atoms with Gasteiger partial charge in [0.2, 0.25) is 0 Å². The Hall–Kier alpha value is -2.68. The molecule has 160 valence electrons. The molecule has 1 fully saturated rings. The molecule has 2 N–H and O–H groups in total. The predicted octanol–water partition coefficient (Wildman–Crippen LogP) is 1.04. The molecule has 3 heterocycles. The molecule has 1 saturated heterocycles. The van der Waals surface area contributed by atoms with E-state index in [9.17, 15) is 14.4 Å². The second kappa shape index (κ2) is 8.99. The fraction of sp³-hybridized carbons (Fsp3) is 0.300. The first kappa shape index (κ1) is 23.6. The molecule has 8 nitrogen and oxygen atoms in total. The molecule has 0 bridgehead atoms. The van der Waals surface area contributed by atoms with Gasteiger partial charge in [-0.2, -0.15) is 0 Å². The van der Waals surface area contributed by atoms with Crippen molar-refractivity contribution in [3.05, 3.63) is 74.6 Å². The summed E-state index contributed by atoms with van der Waals surface area (Å²) in [6.45, 7) is 0.940. The molecule has 1 aliphatic heterocycles. The zero-order chi connectivity index (χ0) is 20.0. The van der Waals surface area contributed by atoms with E-state index in [-0.39, 0.29) is 53.7 Å². The standard InChI is InChI=1S/C20H21N5O3.2ClH/c1-23-17-14(19(27)24(2)20(23)28)8-13(9-22-17)18(26)25-10-15(16(21)11-25)12-6-4-3-5-7-12;;/h3-9,15-16H,10-11,21H2,1-2H3;2*1H/t15-,16+;;/m0../s1. The molecule has 1 aliphatic rings. The van der Waals surface area contributed by atoms with Crippen LogP contribution < -0.4 is 17.0 Å². The Balaban J connectivity index is 0.00000160. The minimum atomic E-state index is -0.472. The number of carbonyl (C=O) groups excluding carboxylic acids is 1. The number of aromatic nitrogens is 3. The number of hydrogen-bond acceptors (Lipinski definition) is 5. The van der Waals surface area contributed by atoms with Crippen molar-refractivity contribution < 1.29 is 4.79 Å².